The van der Waals surface area contributed by atoms with Crippen molar-refractivity contribution in [3.8, 4) is 0 Å². The molecule has 0 aliphatic carbocycles. The Balaban J connectivity index is 2.03. The summed E-state index contributed by atoms with van der Waals surface area (Å²) in [7, 11) is 0. The summed E-state index contributed by atoms with van der Waals surface area (Å²) >= 11 is 8.36. The Bertz CT molecular complexity index is 862. The molecule has 0 N–H and O–H groups in total. The highest BCUT2D eigenvalue weighted by Gasteiger charge is 2.44. The molecule has 1 atom stereocenters. The van der Waals surface area contributed by atoms with Crippen molar-refractivity contribution in [2.75, 3.05) is 4.90 Å². The number of carbonyl (C=O) groups is 2. The molecule has 0 saturated carbocycles. The molecule has 1 aliphatic heterocycles. The van der Waals surface area contributed by atoms with E-state index in [0.29, 0.717) is 11.4 Å². The number of carbonyl (C=O) groups excluding carboxylic acids is 2. The van der Waals surface area contributed by atoms with Crippen LogP contribution >= 0.6 is 34.2 Å². The summed E-state index contributed by atoms with van der Waals surface area (Å²) in [6, 6.07) is 12.8. The molecule has 0 bridgehead atoms. The number of aryl methyl sites for hydroxylation is 1. The number of imide groups is 1. The van der Waals surface area contributed by atoms with Crippen molar-refractivity contribution < 1.29 is 9.59 Å². The van der Waals surface area contributed by atoms with Crippen molar-refractivity contribution in [2.24, 2.45) is 4.99 Å². The van der Waals surface area contributed by atoms with E-state index < -0.39 is 17.2 Å². The van der Waals surface area contributed by atoms with Crippen LogP contribution in [-0.4, -0.2) is 22.9 Å². The second-order valence-corrected chi connectivity index (χ2v) is 7.22. The SMILES string of the molecule is Cc1cccc(N=C2C(=O)N(c3ccc(I)cc3)C(=O)C2Cl)c1C. The fourth-order valence-electron chi connectivity index (χ4n) is 2.48. The number of hydrogen-bond acceptors (Lipinski definition) is 3. The van der Waals surface area contributed by atoms with Gasteiger partial charge in [0.25, 0.3) is 11.8 Å². The van der Waals surface area contributed by atoms with Crippen molar-refractivity contribution in [3.05, 3.63) is 57.2 Å². The Morgan fingerprint density at radius 2 is 1.75 bits per heavy atom. The van der Waals surface area contributed by atoms with E-state index in [1.807, 2.05) is 44.2 Å². The van der Waals surface area contributed by atoms with Gasteiger partial charge in [0.05, 0.1) is 11.4 Å². The highest BCUT2D eigenvalue weighted by atomic mass is 127. The molecule has 3 rings (SSSR count). The normalized spacial score (nSPS) is 19.4. The lowest BCUT2D eigenvalue weighted by Gasteiger charge is -2.13. The van der Waals surface area contributed by atoms with E-state index >= 15 is 0 Å². The van der Waals surface area contributed by atoms with Crippen LogP contribution < -0.4 is 4.90 Å². The maximum atomic E-state index is 12.7. The summed E-state index contributed by atoms with van der Waals surface area (Å²) in [5.74, 6) is -0.936. The largest absolute Gasteiger partial charge is 0.281 e. The lowest BCUT2D eigenvalue weighted by molar-refractivity contribution is -0.120. The van der Waals surface area contributed by atoms with E-state index in [1.165, 1.54) is 0 Å². The van der Waals surface area contributed by atoms with E-state index in [9.17, 15) is 9.59 Å². The first kappa shape index (κ1) is 17.1. The number of halogens is 2. The topological polar surface area (TPSA) is 49.7 Å². The van der Waals surface area contributed by atoms with Gasteiger partial charge in [0, 0.05) is 3.57 Å². The predicted molar refractivity (Wildman–Crippen MR) is 104 cm³/mol. The quantitative estimate of drug-likeness (QED) is 0.390. The number of rotatable bonds is 2. The number of anilines is 1. The smallest absolute Gasteiger partial charge is 0.272 e. The summed E-state index contributed by atoms with van der Waals surface area (Å²) in [6.45, 7) is 3.90. The molecule has 122 valence electrons. The van der Waals surface area contributed by atoms with Gasteiger partial charge in [-0.2, -0.15) is 0 Å². The second-order valence-electron chi connectivity index (χ2n) is 5.53. The zero-order valence-corrected chi connectivity index (χ0v) is 16.0. The molecular weight excluding hydrogens is 439 g/mol. The number of alkyl halides is 1. The molecule has 1 fully saturated rings. The third-order valence-corrected chi connectivity index (χ3v) is 5.11. The summed E-state index contributed by atoms with van der Waals surface area (Å²) in [5.41, 5.74) is 3.24. The predicted octanol–water partition coefficient (Wildman–Crippen LogP) is 4.16. The lowest BCUT2D eigenvalue weighted by atomic mass is 10.1. The third kappa shape index (κ3) is 2.98. The van der Waals surface area contributed by atoms with Crippen LogP contribution in [0.4, 0.5) is 11.4 Å². The van der Waals surface area contributed by atoms with Crippen LogP contribution in [0.15, 0.2) is 47.5 Å². The van der Waals surface area contributed by atoms with Crippen LogP contribution in [-0.2, 0) is 9.59 Å². The molecule has 1 unspecified atom stereocenters. The monoisotopic (exact) mass is 452 g/mol. The van der Waals surface area contributed by atoms with Crippen molar-refractivity contribution in [1.29, 1.82) is 0 Å². The molecule has 0 aromatic heterocycles. The molecule has 2 aromatic rings. The standard InChI is InChI=1S/C18H14ClIN2O2/c1-10-4-3-5-14(11(10)2)21-16-15(19)17(23)22(18(16)24)13-8-6-12(20)7-9-13/h3-9,15H,1-2H3. The molecule has 1 aliphatic rings. The number of aliphatic imine (C=N–C) groups is 1. The second kappa shape index (κ2) is 6.64. The number of amides is 2. The molecule has 24 heavy (non-hydrogen) atoms. The molecule has 2 amide bonds. The van der Waals surface area contributed by atoms with Gasteiger partial charge in [0.1, 0.15) is 5.71 Å². The van der Waals surface area contributed by atoms with Gasteiger partial charge in [-0.05, 0) is 77.9 Å². The van der Waals surface area contributed by atoms with E-state index in [-0.39, 0.29) is 5.71 Å². The molecule has 6 heteroatoms. The Hall–Kier alpha value is -1.73. The molecule has 0 radical (unpaired) electrons. The number of benzene rings is 2. The molecule has 1 saturated heterocycles. The fraction of sp³-hybridized carbons (Fsp3) is 0.167. The van der Waals surface area contributed by atoms with Crippen molar-refractivity contribution in [2.45, 2.75) is 19.2 Å². The summed E-state index contributed by atoms with van der Waals surface area (Å²) in [6.07, 6.45) is 0. The zero-order valence-electron chi connectivity index (χ0n) is 13.1. The van der Waals surface area contributed by atoms with Crippen LogP contribution in [0.25, 0.3) is 0 Å². The van der Waals surface area contributed by atoms with Crippen LogP contribution in [0.1, 0.15) is 11.1 Å². The average molecular weight is 453 g/mol. The van der Waals surface area contributed by atoms with Crippen molar-refractivity contribution in [1.82, 2.24) is 0 Å². The van der Waals surface area contributed by atoms with Crippen LogP contribution in [0.5, 0.6) is 0 Å². The van der Waals surface area contributed by atoms with Gasteiger partial charge < -0.3 is 0 Å². The van der Waals surface area contributed by atoms with E-state index in [0.717, 1.165) is 19.6 Å². The third-order valence-electron chi connectivity index (χ3n) is 4.00. The Labute approximate surface area is 158 Å². The van der Waals surface area contributed by atoms with E-state index in [1.54, 1.807) is 12.1 Å². The molecule has 1 heterocycles. The maximum absolute atomic E-state index is 12.7. The highest BCUT2D eigenvalue weighted by Crippen LogP contribution is 2.28. The van der Waals surface area contributed by atoms with Crippen LogP contribution in [0, 0.1) is 17.4 Å². The van der Waals surface area contributed by atoms with Gasteiger partial charge in [-0.1, -0.05) is 12.1 Å². The van der Waals surface area contributed by atoms with Gasteiger partial charge in [0.15, 0.2) is 5.38 Å². The van der Waals surface area contributed by atoms with Crippen LogP contribution in [0.3, 0.4) is 0 Å². The van der Waals surface area contributed by atoms with Gasteiger partial charge in [-0.15, -0.1) is 11.6 Å². The van der Waals surface area contributed by atoms with Gasteiger partial charge in [0.2, 0.25) is 0 Å². The summed E-state index contributed by atoms with van der Waals surface area (Å²) < 4.78 is 1.02. The van der Waals surface area contributed by atoms with E-state index in [2.05, 4.69) is 27.6 Å². The highest BCUT2D eigenvalue weighted by molar-refractivity contribution is 14.1. The van der Waals surface area contributed by atoms with Crippen molar-refractivity contribution in [3.63, 3.8) is 0 Å². The van der Waals surface area contributed by atoms with Crippen LogP contribution in [0.2, 0.25) is 0 Å². The number of hydrogen-bond donors (Lipinski definition) is 0. The van der Waals surface area contributed by atoms with E-state index in [4.69, 9.17) is 11.6 Å². The summed E-state index contributed by atoms with van der Waals surface area (Å²) in [4.78, 5) is 30.6. The fourth-order valence-corrected chi connectivity index (χ4v) is 3.08. The molecule has 4 nitrogen and oxygen atoms in total. The van der Waals surface area contributed by atoms with Crippen molar-refractivity contribution >= 4 is 63.1 Å². The lowest BCUT2D eigenvalue weighted by Crippen LogP contribution is -2.31. The Morgan fingerprint density at radius 1 is 1.08 bits per heavy atom. The minimum absolute atomic E-state index is 0.0638. The Morgan fingerprint density at radius 3 is 2.42 bits per heavy atom. The molecular formula is C18H14ClIN2O2. The minimum Gasteiger partial charge on any atom is -0.272 e. The number of nitrogens with zero attached hydrogens (tertiary/aromatic N) is 2. The maximum Gasteiger partial charge on any atom is 0.281 e. The van der Waals surface area contributed by atoms with Gasteiger partial charge in [-0.25, -0.2) is 9.89 Å². The average Bonchev–Trinajstić information content (AvgIpc) is 2.76. The minimum atomic E-state index is -1.07. The van der Waals surface area contributed by atoms with Gasteiger partial charge in [-0.3, -0.25) is 9.59 Å². The first-order chi connectivity index (χ1) is 11.4. The molecule has 0 spiro atoms. The Kier molecular flexibility index (Phi) is 4.73. The van der Waals surface area contributed by atoms with Gasteiger partial charge >= 0.3 is 0 Å². The summed E-state index contributed by atoms with van der Waals surface area (Å²) in [5, 5.41) is -1.07. The molecule has 2 aromatic carbocycles. The first-order valence-corrected chi connectivity index (χ1v) is 8.84. The first-order valence-electron chi connectivity index (χ1n) is 7.33. The zero-order chi connectivity index (χ0) is 17.4.